The lowest BCUT2D eigenvalue weighted by molar-refractivity contribution is -0.122. The molecule has 1 heterocycles. The lowest BCUT2D eigenvalue weighted by Crippen LogP contribution is -2.44. The minimum Gasteiger partial charge on any atom is -0.389 e. The van der Waals surface area contributed by atoms with Crippen LogP contribution in [0.15, 0.2) is 0 Å². The van der Waals surface area contributed by atoms with Gasteiger partial charge in [0.05, 0.1) is 5.60 Å². The van der Waals surface area contributed by atoms with Crippen molar-refractivity contribution in [3.8, 4) is 0 Å². The summed E-state index contributed by atoms with van der Waals surface area (Å²) < 4.78 is 0. The van der Waals surface area contributed by atoms with Gasteiger partial charge in [-0.25, -0.2) is 0 Å². The molecule has 2 fully saturated rings. The highest BCUT2D eigenvalue weighted by Gasteiger charge is 2.39. The van der Waals surface area contributed by atoms with E-state index in [0.717, 1.165) is 32.2 Å². The first-order chi connectivity index (χ1) is 7.47. The van der Waals surface area contributed by atoms with E-state index in [9.17, 15) is 9.90 Å². The number of aliphatic hydroxyl groups is 1. The highest BCUT2D eigenvalue weighted by Crippen LogP contribution is 2.33. The second-order valence-corrected chi connectivity index (χ2v) is 5.96. The molecule has 0 bridgehead atoms. The second kappa shape index (κ2) is 4.46. The zero-order valence-electron chi connectivity index (χ0n) is 10.4. The Morgan fingerprint density at radius 1 is 1.38 bits per heavy atom. The van der Waals surface area contributed by atoms with Crippen LogP contribution in [0.25, 0.3) is 0 Å². The molecule has 2 rings (SSSR count). The molecule has 1 aliphatic heterocycles. The molecule has 0 radical (unpaired) electrons. The van der Waals surface area contributed by atoms with Gasteiger partial charge in [-0.15, -0.1) is 0 Å². The van der Waals surface area contributed by atoms with Gasteiger partial charge in [0.25, 0.3) is 0 Å². The Balaban J connectivity index is 2.00. The summed E-state index contributed by atoms with van der Waals surface area (Å²) in [6.07, 6.45) is 5.21. The number of carbonyl (C=O) groups is 1. The maximum Gasteiger partial charge on any atom is 0.137 e. The Bertz CT molecular complexity index is 270. The van der Waals surface area contributed by atoms with E-state index in [1.165, 1.54) is 6.42 Å². The van der Waals surface area contributed by atoms with Crippen LogP contribution in [0.3, 0.4) is 0 Å². The van der Waals surface area contributed by atoms with Crippen LogP contribution in [-0.2, 0) is 4.79 Å². The van der Waals surface area contributed by atoms with Gasteiger partial charge in [-0.05, 0) is 46.1 Å². The van der Waals surface area contributed by atoms with Crippen LogP contribution in [0, 0.1) is 5.92 Å². The average molecular weight is 225 g/mol. The molecule has 0 spiro atoms. The van der Waals surface area contributed by atoms with Crippen LogP contribution in [0.2, 0.25) is 0 Å². The molecular formula is C13H23NO2. The van der Waals surface area contributed by atoms with E-state index in [4.69, 9.17) is 0 Å². The van der Waals surface area contributed by atoms with Crippen molar-refractivity contribution < 1.29 is 9.90 Å². The number of hydrogen-bond acceptors (Lipinski definition) is 3. The van der Waals surface area contributed by atoms with Crippen molar-refractivity contribution in [2.75, 3.05) is 13.1 Å². The van der Waals surface area contributed by atoms with E-state index in [-0.39, 0.29) is 5.92 Å². The number of ketones is 1. The highest BCUT2D eigenvalue weighted by atomic mass is 16.3. The van der Waals surface area contributed by atoms with Crippen LogP contribution in [0.5, 0.6) is 0 Å². The summed E-state index contributed by atoms with van der Waals surface area (Å²) in [5.41, 5.74) is -0.649. The fourth-order valence-electron chi connectivity index (χ4n) is 3.25. The van der Waals surface area contributed by atoms with Crippen molar-refractivity contribution >= 4 is 5.78 Å². The third-order valence-electron chi connectivity index (χ3n) is 3.82. The van der Waals surface area contributed by atoms with Crippen LogP contribution in [-0.4, -0.2) is 40.5 Å². The first kappa shape index (κ1) is 12.1. The molecule has 2 aliphatic rings. The van der Waals surface area contributed by atoms with Crippen LogP contribution in [0.1, 0.15) is 46.0 Å². The molecule has 0 aromatic carbocycles. The van der Waals surface area contributed by atoms with Crippen molar-refractivity contribution in [3.63, 3.8) is 0 Å². The third-order valence-corrected chi connectivity index (χ3v) is 3.82. The Morgan fingerprint density at radius 2 is 2.12 bits per heavy atom. The van der Waals surface area contributed by atoms with E-state index in [1.54, 1.807) is 0 Å². The fraction of sp³-hybridized carbons (Fsp3) is 0.923. The average Bonchev–Trinajstić information content (AvgIpc) is 2.71. The molecule has 0 amide bonds. The standard InChI is InChI=1S/C13H23NO2/c1-13(2,16)9-14-8-4-6-11(14)10-5-3-7-12(10)15/h10-11,16H,3-9H2,1-2H3. The Labute approximate surface area is 97.8 Å². The molecule has 92 valence electrons. The number of nitrogens with zero attached hydrogens (tertiary/aromatic N) is 1. The van der Waals surface area contributed by atoms with Gasteiger partial charge in [0.1, 0.15) is 5.78 Å². The molecule has 1 saturated carbocycles. The molecule has 2 atom stereocenters. The zero-order chi connectivity index (χ0) is 11.8. The molecule has 3 nitrogen and oxygen atoms in total. The largest absolute Gasteiger partial charge is 0.389 e. The van der Waals surface area contributed by atoms with Gasteiger partial charge in [0.15, 0.2) is 0 Å². The number of rotatable bonds is 3. The number of Topliss-reactive ketones (excluding diaryl/α,β-unsaturated/α-hetero) is 1. The van der Waals surface area contributed by atoms with Gasteiger partial charge in [0.2, 0.25) is 0 Å². The lowest BCUT2D eigenvalue weighted by Gasteiger charge is -2.32. The number of hydrogen-bond donors (Lipinski definition) is 1. The highest BCUT2D eigenvalue weighted by molar-refractivity contribution is 5.83. The molecular weight excluding hydrogens is 202 g/mol. The predicted octanol–water partition coefficient (Wildman–Crippen LogP) is 1.59. The maximum absolute atomic E-state index is 11.8. The predicted molar refractivity (Wildman–Crippen MR) is 63.2 cm³/mol. The van der Waals surface area contributed by atoms with Crippen molar-refractivity contribution in [1.82, 2.24) is 4.90 Å². The van der Waals surface area contributed by atoms with Gasteiger partial charge in [-0.1, -0.05) is 0 Å². The first-order valence-corrected chi connectivity index (χ1v) is 6.46. The normalized spacial score (nSPS) is 32.6. The van der Waals surface area contributed by atoms with E-state index in [1.807, 2.05) is 13.8 Å². The van der Waals surface area contributed by atoms with Gasteiger partial charge >= 0.3 is 0 Å². The molecule has 0 aromatic heterocycles. The topological polar surface area (TPSA) is 40.5 Å². The van der Waals surface area contributed by atoms with Gasteiger partial charge in [-0.3, -0.25) is 9.69 Å². The molecule has 1 saturated heterocycles. The molecule has 16 heavy (non-hydrogen) atoms. The minimum atomic E-state index is -0.649. The van der Waals surface area contributed by atoms with Crippen molar-refractivity contribution in [2.45, 2.75) is 57.6 Å². The van der Waals surface area contributed by atoms with Gasteiger partial charge in [0, 0.05) is 24.9 Å². The molecule has 1 N–H and O–H groups in total. The summed E-state index contributed by atoms with van der Waals surface area (Å²) in [7, 11) is 0. The minimum absolute atomic E-state index is 0.254. The van der Waals surface area contributed by atoms with Gasteiger partial charge < -0.3 is 5.11 Å². The van der Waals surface area contributed by atoms with Crippen LogP contribution < -0.4 is 0 Å². The monoisotopic (exact) mass is 225 g/mol. The maximum atomic E-state index is 11.8. The summed E-state index contributed by atoms with van der Waals surface area (Å²) in [5.74, 6) is 0.706. The Hall–Kier alpha value is -0.410. The third kappa shape index (κ3) is 2.64. The molecule has 2 unspecified atom stereocenters. The smallest absolute Gasteiger partial charge is 0.137 e. The molecule has 1 aliphatic carbocycles. The van der Waals surface area contributed by atoms with Crippen molar-refractivity contribution in [1.29, 1.82) is 0 Å². The zero-order valence-corrected chi connectivity index (χ0v) is 10.4. The number of carbonyl (C=O) groups excluding carboxylic acids is 1. The number of β-amino-alcohol motifs (C(OH)–C–C–N with tert-alkyl or cyclic N) is 1. The Kier molecular flexibility index (Phi) is 3.36. The summed E-state index contributed by atoms with van der Waals surface area (Å²) in [4.78, 5) is 14.1. The summed E-state index contributed by atoms with van der Waals surface area (Å²) in [5, 5.41) is 9.88. The summed E-state index contributed by atoms with van der Waals surface area (Å²) in [6, 6.07) is 0.404. The quantitative estimate of drug-likeness (QED) is 0.793. The van der Waals surface area contributed by atoms with Crippen molar-refractivity contribution in [3.05, 3.63) is 0 Å². The van der Waals surface area contributed by atoms with E-state index >= 15 is 0 Å². The summed E-state index contributed by atoms with van der Waals surface area (Å²) >= 11 is 0. The summed E-state index contributed by atoms with van der Waals surface area (Å²) in [6.45, 7) is 5.43. The van der Waals surface area contributed by atoms with Gasteiger partial charge in [-0.2, -0.15) is 0 Å². The van der Waals surface area contributed by atoms with Crippen molar-refractivity contribution in [2.24, 2.45) is 5.92 Å². The van der Waals surface area contributed by atoms with Crippen LogP contribution >= 0.6 is 0 Å². The SMILES string of the molecule is CC(C)(O)CN1CCCC1C1CCCC1=O. The lowest BCUT2D eigenvalue weighted by atomic mass is 9.94. The molecule has 3 heteroatoms. The van der Waals surface area contributed by atoms with E-state index < -0.39 is 5.60 Å². The van der Waals surface area contributed by atoms with E-state index in [0.29, 0.717) is 18.4 Å². The Morgan fingerprint density at radius 3 is 2.69 bits per heavy atom. The first-order valence-electron chi connectivity index (χ1n) is 6.46. The second-order valence-electron chi connectivity index (χ2n) is 5.96. The molecule has 0 aromatic rings. The number of likely N-dealkylation sites (tertiary alicyclic amines) is 1. The van der Waals surface area contributed by atoms with Crippen LogP contribution in [0.4, 0.5) is 0 Å². The fourth-order valence-corrected chi connectivity index (χ4v) is 3.25. The van der Waals surface area contributed by atoms with E-state index in [2.05, 4.69) is 4.90 Å².